The van der Waals surface area contributed by atoms with Crippen molar-refractivity contribution < 1.29 is 14.1 Å². The molecule has 9 rings (SSSR count). The number of benzene rings is 5. The van der Waals surface area contributed by atoms with Crippen molar-refractivity contribution in [3.63, 3.8) is 0 Å². The van der Waals surface area contributed by atoms with Crippen LogP contribution in [0.5, 0.6) is 0 Å². The Morgan fingerprint density at radius 2 is 1.37 bits per heavy atom. The van der Waals surface area contributed by atoms with Crippen LogP contribution in [0, 0.1) is 10.1 Å². The predicted molar refractivity (Wildman–Crippen MR) is 251 cm³/mol. The Labute approximate surface area is 361 Å². The summed E-state index contributed by atoms with van der Waals surface area (Å²) in [5.74, 6) is 0. The molecule has 0 spiro atoms. The number of nitro groups is 1. The molecule has 0 saturated carbocycles. The summed E-state index contributed by atoms with van der Waals surface area (Å²) in [6, 6.07) is 35.6. The first-order valence-electron chi connectivity index (χ1n) is 20.8. The van der Waals surface area contributed by atoms with E-state index in [0.717, 1.165) is 30.6 Å². The third-order valence-corrected chi connectivity index (χ3v) is 12.3. The Kier molecular flexibility index (Phi) is 11.0. The predicted octanol–water partition coefficient (Wildman–Crippen LogP) is 11.1. The van der Waals surface area contributed by atoms with E-state index in [1.54, 1.807) is 12.1 Å². The van der Waals surface area contributed by atoms with Gasteiger partial charge in [0.05, 0.1) is 38.8 Å². The van der Waals surface area contributed by atoms with Gasteiger partial charge in [-0.2, -0.15) is 4.58 Å². The van der Waals surface area contributed by atoms with Gasteiger partial charge in [0.25, 0.3) is 0 Å². The molecular formula is C50H52N9O3+. The van der Waals surface area contributed by atoms with Gasteiger partial charge in [-0.05, 0) is 103 Å². The minimum absolute atomic E-state index is 0.0642. The highest BCUT2D eigenvalue weighted by atomic mass is 16.6. The second kappa shape index (κ2) is 16.5. The van der Waals surface area contributed by atoms with E-state index in [0.29, 0.717) is 17.1 Å². The molecule has 0 saturated heterocycles. The molecule has 0 radical (unpaired) electrons. The smallest absolute Gasteiger partial charge is 0.300 e. The fourth-order valence-electron chi connectivity index (χ4n) is 8.99. The third kappa shape index (κ3) is 7.59. The van der Waals surface area contributed by atoms with Crippen molar-refractivity contribution >= 4 is 62.2 Å². The summed E-state index contributed by atoms with van der Waals surface area (Å²) < 4.78 is 6.93. The second-order valence-electron chi connectivity index (χ2n) is 16.9. The molecule has 12 nitrogen and oxygen atoms in total. The molecule has 1 aliphatic carbocycles. The summed E-state index contributed by atoms with van der Waals surface area (Å²) in [7, 11) is 4.36. The highest BCUT2D eigenvalue weighted by Gasteiger charge is 2.43. The molecule has 0 amide bonds. The molecule has 0 bridgehead atoms. The summed E-state index contributed by atoms with van der Waals surface area (Å²) in [5.41, 5.74) is 27.5. The number of non-ortho nitro benzene ring substituents is 1. The molecular weight excluding hydrogens is 775 g/mol. The first-order valence-corrected chi connectivity index (χ1v) is 20.8. The van der Waals surface area contributed by atoms with Crippen LogP contribution in [0.25, 0.3) is 11.0 Å². The minimum Gasteiger partial charge on any atom is -0.397 e. The van der Waals surface area contributed by atoms with Crippen LogP contribution >= 0.6 is 0 Å². The van der Waals surface area contributed by atoms with Gasteiger partial charge in [-0.1, -0.05) is 86.7 Å². The van der Waals surface area contributed by atoms with Crippen LogP contribution < -0.4 is 27.0 Å². The number of fused-ring (bicyclic) bond motifs is 3. The van der Waals surface area contributed by atoms with Crippen molar-refractivity contribution in [1.82, 2.24) is 10.3 Å². The molecule has 3 heterocycles. The minimum atomic E-state index is -0.535. The third-order valence-electron chi connectivity index (χ3n) is 12.3. The maximum Gasteiger partial charge on any atom is 0.300 e. The summed E-state index contributed by atoms with van der Waals surface area (Å²) in [6.07, 6.45) is 12.5. The van der Waals surface area contributed by atoms with Gasteiger partial charge in [0.15, 0.2) is 11.2 Å². The summed E-state index contributed by atoms with van der Waals surface area (Å²) in [6.45, 7) is 9.29. The highest BCUT2D eigenvalue weighted by molar-refractivity contribution is 6.03. The first kappa shape index (κ1) is 41.3. The number of hydrogen-bond acceptors (Lipinski definition) is 10. The van der Waals surface area contributed by atoms with Gasteiger partial charge in [0.2, 0.25) is 11.2 Å². The number of nitrogens with zero attached hydrogens (tertiary/aromatic N) is 5. The quantitative estimate of drug-likeness (QED) is 0.0502. The van der Waals surface area contributed by atoms with Crippen LogP contribution in [0.2, 0.25) is 0 Å². The van der Waals surface area contributed by atoms with Gasteiger partial charge in [-0.25, -0.2) is 4.63 Å². The van der Waals surface area contributed by atoms with E-state index in [4.69, 9.17) is 11.5 Å². The van der Waals surface area contributed by atoms with Crippen molar-refractivity contribution in [2.75, 3.05) is 41.1 Å². The van der Waals surface area contributed by atoms with Crippen LogP contribution in [0.15, 0.2) is 161 Å². The number of nitrogens with two attached hydrogens (primary N) is 2. The van der Waals surface area contributed by atoms with Gasteiger partial charge in [0.1, 0.15) is 7.05 Å². The maximum absolute atomic E-state index is 10.9. The SMILES string of the molecule is CN1/C(=C/C=C2\CCCC(/C=C/C3=[N+](C)c4ccccc4C3(C)C)=C2Nc2ccccc2N)C(C)(C)c2ccccc21.Nc1ccccc1Nc1ccc([N+](=O)[O-])c2nonc12. The fraction of sp³-hybridized carbons (Fsp3) is 0.220. The highest BCUT2D eigenvalue weighted by Crippen LogP contribution is 2.47. The lowest BCUT2D eigenvalue weighted by atomic mass is 9.81. The number of likely N-dealkylation sites (N-methyl/N-ethyl adjacent to an activating group) is 1. The maximum atomic E-state index is 10.9. The standard InChI is InChI=1S/C38H42N4.C12H9N5O3/c1-37(2)28-16-7-11-20-32(28)41(5)34(37)24-22-26-14-13-15-27(36(26)40-31-19-10-9-18-30(31)39)23-25-35-38(3,4)29-17-8-12-21-33(29)42(35)6;13-7-3-1-2-4-8(7)14-9-5-6-10(17(18)19)12-11(9)15-20-16-12/h7-12,16-25H,13-15,39H2,1-6H3;1-6,14H,13H2/p+1/b26-22+,34-24+;. The Morgan fingerprint density at radius 1 is 0.742 bits per heavy atom. The summed E-state index contributed by atoms with van der Waals surface area (Å²) in [5, 5.41) is 25.0. The zero-order valence-corrected chi connectivity index (χ0v) is 35.9. The van der Waals surface area contributed by atoms with E-state index >= 15 is 0 Å². The van der Waals surface area contributed by atoms with Crippen molar-refractivity contribution in [2.24, 2.45) is 0 Å². The van der Waals surface area contributed by atoms with Crippen LogP contribution in [0.1, 0.15) is 58.1 Å². The number of anilines is 6. The topological polar surface area (TPSA) is 164 Å². The van der Waals surface area contributed by atoms with Gasteiger partial charge in [-0.15, -0.1) is 0 Å². The molecule has 12 heteroatoms. The zero-order valence-electron chi connectivity index (χ0n) is 35.9. The van der Waals surface area contributed by atoms with Crippen LogP contribution in [-0.2, 0) is 10.8 Å². The van der Waals surface area contributed by atoms with E-state index in [1.807, 2.05) is 30.3 Å². The van der Waals surface area contributed by atoms with Gasteiger partial charge in [0, 0.05) is 53.3 Å². The normalized spacial score (nSPS) is 17.7. The monoisotopic (exact) mass is 826 g/mol. The fourth-order valence-corrected chi connectivity index (χ4v) is 8.99. The molecule has 5 aromatic carbocycles. The number of allylic oxidation sites excluding steroid dienone is 7. The van der Waals surface area contributed by atoms with Crippen molar-refractivity contribution in [3.05, 3.63) is 177 Å². The first-order chi connectivity index (χ1) is 29.8. The number of para-hydroxylation sites is 6. The largest absolute Gasteiger partial charge is 0.397 e. The molecule has 2 aliphatic heterocycles. The van der Waals surface area contributed by atoms with E-state index in [1.165, 1.54) is 62.9 Å². The number of rotatable bonds is 8. The molecule has 3 aliphatic rings. The molecule has 62 heavy (non-hydrogen) atoms. The Bertz CT molecular complexity index is 2880. The van der Waals surface area contributed by atoms with E-state index in [-0.39, 0.29) is 27.6 Å². The van der Waals surface area contributed by atoms with Crippen molar-refractivity contribution in [2.45, 2.75) is 57.8 Å². The average molecular weight is 827 g/mol. The summed E-state index contributed by atoms with van der Waals surface area (Å²) in [4.78, 5) is 12.7. The van der Waals surface area contributed by atoms with Crippen LogP contribution in [0.4, 0.5) is 45.5 Å². The second-order valence-corrected chi connectivity index (χ2v) is 16.9. The lowest BCUT2D eigenvalue weighted by molar-refractivity contribution is -0.401. The number of nitrogens with one attached hydrogen (secondary N) is 2. The zero-order chi connectivity index (χ0) is 43.8. The van der Waals surface area contributed by atoms with Crippen LogP contribution in [-0.4, -0.2) is 39.6 Å². The van der Waals surface area contributed by atoms with Crippen LogP contribution in [0.3, 0.4) is 0 Å². The van der Waals surface area contributed by atoms with Gasteiger partial charge in [-0.3, -0.25) is 10.1 Å². The summed E-state index contributed by atoms with van der Waals surface area (Å²) >= 11 is 0. The lowest BCUT2D eigenvalue weighted by Crippen LogP contribution is -2.26. The van der Waals surface area contributed by atoms with E-state index < -0.39 is 4.92 Å². The van der Waals surface area contributed by atoms with E-state index in [9.17, 15) is 10.1 Å². The number of aromatic nitrogens is 2. The molecule has 0 fully saturated rings. The number of nitrogen functional groups attached to an aromatic ring is 2. The van der Waals surface area contributed by atoms with Gasteiger partial charge < -0.3 is 27.0 Å². The molecule has 0 unspecified atom stereocenters. The van der Waals surface area contributed by atoms with Gasteiger partial charge >= 0.3 is 5.69 Å². The molecule has 6 aromatic rings. The number of nitro benzene ring substituents is 1. The molecule has 0 atom stereocenters. The van der Waals surface area contributed by atoms with Crippen molar-refractivity contribution in [1.29, 1.82) is 0 Å². The van der Waals surface area contributed by atoms with E-state index in [2.05, 4.69) is 156 Å². The lowest BCUT2D eigenvalue weighted by Gasteiger charge is -2.26. The van der Waals surface area contributed by atoms with Crippen molar-refractivity contribution in [3.8, 4) is 0 Å². The number of hydrogen-bond donors (Lipinski definition) is 4. The Hall–Kier alpha value is -7.47. The molecule has 6 N–H and O–H groups in total. The average Bonchev–Trinajstić information content (AvgIpc) is 3.89. The molecule has 1 aromatic heterocycles. The Morgan fingerprint density at radius 3 is 2.05 bits per heavy atom. The Balaban J connectivity index is 0.000000220. The molecule has 314 valence electrons.